The molecule has 3 unspecified atom stereocenters. The fraction of sp³-hybridized carbons (Fsp3) is 0.647. The highest BCUT2D eigenvalue weighted by Gasteiger charge is 2.26. The molecule has 0 radical (unpaired) electrons. The van der Waals surface area contributed by atoms with Gasteiger partial charge in [0.05, 0.1) is 0 Å². The monoisotopic (exact) mass is 261 g/mol. The topological polar surface area (TPSA) is 32.3 Å². The lowest BCUT2D eigenvalue weighted by atomic mass is 9.80. The van der Waals surface area contributed by atoms with Crippen LogP contribution in [0.5, 0.6) is 0 Å². The minimum Gasteiger partial charge on any atom is -0.396 e. The molecule has 1 aromatic carbocycles. The average Bonchev–Trinajstić information content (AvgIpc) is 2.41. The zero-order valence-corrected chi connectivity index (χ0v) is 12.4. The fourth-order valence-corrected chi connectivity index (χ4v) is 3.18. The Balaban J connectivity index is 2.15. The van der Waals surface area contributed by atoms with E-state index in [1.54, 1.807) is 0 Å². The minimum absolute atomic E-state index is 0.265. The van der Waals surface area contributed by atoms with Crippen LogP contribution in [0.4, 0.5) is 0 Å². The van der Waals surface area contributed by atoms with E-state index in [2.05, 4.69) is 50.4 Å². The van der Waals surface area contributed by atoms with E-state index in [1.807, 2.05) is 0 Å². The first kappa shape index (κ1) is 14.5. The summed E-state index contributed by atoms with van der Waals surface area (Å²) >= 11 is 0. The molecule has 2 N–H and O–H groups in total. The van der Waals surface area contributed by atoms with Crippen molar-refractivity contribution in [3.05, 3.63) is 35.4 Å². The van der Waals surface area contributed by atoms with Crippen molar-refractivity contribution in [2.75, 3.05) is 6.61 Å². The smallest absolute Gasteiger partial charge is 0.0445 e. The average molecular weight is 261 g/mol. The summed E-state index contributed by atoms with van der Waals surface area (Å²) < 4.78 is 0. The van der Waals surface area contributed by atoms with E-state index in [9.17, 15) is 5.11 Å². The first-order chi connectivity index (χ1) is 9.13. The molecule has 2 nitrogen and oxygen atoms in total. The van der Waals surface area contributed by atoms with Crippen LogP contribution in [0, 0.1) is 5.92 Å². The molecule has 1 aromatic rings. The lowest BCUT2D eigenvalue weighted by Gasteiger charge is -2.34. The molecule has 0 aromatic heterocycles. The summed E-state index contributed by atoms with van der Waals surface area (Å²) in [6, 6.07) is 9.67. The zero-order valence-electron chi connectivity index (χ0n) is 12.4. The predicted octanol–water partition coefficient (Wildman–Crippen LogP) is 3.62. The standard InChI is InChI=1S/C17H27NO/c1-12(2)16(10-11-19)18-17-9-8-13(3)14-6-4-5-7-15(14)17/h4-7,12-13,16-19H,8-11H2,1-3H3. The zero-order chi connectivity index (χ0) is 13.8. The van der Waals surface area contributed by atoms with Crippen LogP contribution in [0.2, 0.25) is 0 Å². The molecule has 2 heteroatoms. The van der Waals surface area contributed by atoms with Crippen LogP contribution in [0.25, 0.3) is 0 Å². The van der Waals surface area contributed by atoms with E-state index in [0.717, 1.165) is 6.42 Å². The van der Waals surface area contributed by atoms with Crippen LogP contribution in [0.3, 0.4) is 0 Å². The molecule has 2 rings (SSSR count). The van der Waals surface area contributed by atoms with Gasteiger partial charge in [-0.2, -0.15) is 0 Å². The summed E-state index contributed by atoms with van der Waals surface area (Å²) in [7, 11) is 0. The maximum atomic E-state index is 9.21. The highest BCUT2D eigenvalue weighted by molar-refractivity contribution is 5.35. The van der Waals surface area contributed by atoms with Gasteiger partial charge in [-0.25, -0.2) is 0 Å². The van der Waals surface area contributed by atoms with Gasteiger partial charge in [-0.05, 0) is 42.2 Å². The predicted molar refractivity (Wildman–Crippen MR) is 80.3 cm³/mol. The maximum absolute atomic E-state index is 9.21. The van der Waals surface area contributed by atoms with Crippen molar-refractivity contribution in [2.24, 2.45) is 5.92 Å². The Morgan fingerprint density at radius 1 is 1.21 bits per heavy atom. The summed E-state index contributed by atoms with van der Waals surface area (Å²) in [6.45, 7) is 7.04. The van der Waals surface area contributed by atoms with Gasteiger partial charge < -0.3 is 10.4 Å². The Morgan fingerprint density at radius 2 is 1.89 bits per heavy atom. The number of aliphatic hydroxyl groups excluding tert-OH is 1. The Kier molecular flexibility index (Phi) is 5.00. The largest absolute Gasteiger partial charge is 0.396 e. The number of benzene rings is 1. The molecule has 0 heterocycles. The highest BCUT2D eigenvalue weighted by Crippen LogP contribution is 2.37. The van der Waals surface area contributed by atoms with Crippen molar-refractivity contribution in [1.82, 2.24) is 5.32 Å². The number of fused-ring (bicyclic) bond motifs is 1. The van der Waals surface area contributed by atoms with Gasteiger partial charge >= 0.3 is 0 Å². The third-order valence-electron chi connectivity index (χ3n) is 4.45. The van der Waals surface area contributed by atoms with Gasteiger partial charge in [0.15, 0.2) is 0 Å². The van der Waals surface area contributed by atoms with Crippen LogP contribution in [0.15, 0.2) is 24.3 Å². The van der Waals surface area contributed by atoms with E-state index in [1.165, 1.54) is 24.0 Å². The first-order valence-electron chi connectivity index (χ1n) is 7.59. The molecular weight excluding hydrogens is 234 g/mol. The Morgan fingerprint density at radius 3 is 2.53 bits per heavy atom. The Labute approximate surface area is 117 Å². The van der Waals surface area contributed by atoms with Gasteiger partial charge in [0.2, 0.25) is 0 Å². The lowest BCUT2D eigenvalue weighted by Crippen LogP contribution is -2.39. The number of aliphatic hydroxyl groups is 1. The molecule has 1 aliphatic carbocycles. The molecular formula is C17H27NO. The molecule has 0 bridgehead atoms. The van der Waals surface area contributed by atoms with Crippen molar-refractivity contribution < 1.29 is 5.11 Å². The molecule has 0 saturated carbocycles. The van der Waals surface area contributed by atoms with Crippen molar-refractivity contribution in [2.45, 2.75) is 58.0 Å². The SMILES string of the molecule is CC1CCC(NC(CCO)C(C)C)c2ccccc21. The number of hydrogen-bond acceptors (Lipinski definition) is 2. The van der Waals surface area contributed by atoms with E-state index in [0.29, 0.717) is 23.9 Å². The third kappa shape index (κ3) is 3.37. The van der Waals surface area contributed by atoms with Crippen molar-refractivity contribution in [3.8, 4) is 0 Å². The first-order valence-corrected chi connectivity index (χ1v) is 7.59. The fourth-order valence-electron chi connectivity index (χ4n) is 3.18. The lowest BCUT2D eigenvalue weighted by molar-refractivity contribution is 0.229. The van der Waals surface area contributed by atoms with E-state index in [-0.39, 0.29) is 6.61 Å². The van der Waals surface area contributed by atoms with Crippen molar-refractivity contribution >= 4 is 0 Å². The van der Waals surface area contributed by atoms with E-state index in [4.69, 9.17) is 0 Å². The quantitative estimate of drug-likeness (QED) is 0.848. The van der Waals surface area contributed by atoms with Gasteiger partial charge in [0.25, 0.3) is 0 Å². The summed E-state index contributed by atoms with van der Waals surface area (Å²) in [6.07, 6.45) is 3.29. The molecule has 0 aliphatic heterocycles. The van der Waals surface area contributed by atoms with Gasteiger partial charge in [-0.3, -0.25) is 0 Å². The molecule has 0 amide bonds. The van der Waals surface area contributed by atoms with Gasteiger partial charge in [0, 0.05) is 18.7 Å². The van der Waals surface area contributed by atoms with Crippen LogP contribution < -0.4 is 5.32 Å². The number of hydrogen-bond donors (Lipinski definition) is 2. The minimum atomic E-state index is 0.265. The van der Waals surface area contributed by atoms with Crippen LogP contribution in [0.1, 0.15) is 63.1 Å². The van der Waals surface area contributed by atoms with Gasteiger partial charge in [-0.1, -0.05) is 45.0 Å². The van der Waals surface area contributed by atoms with Gasteiger partial charge in [-0.15, -0.1) is 0 Å². The van der Waals surface area contributed by atoms with E-state index >= 15 is 0 Å². The highest BCUT2D eigenvalue weighted by atomic mass is 16.3. The second kappa shape index (κ2) is 6.53. The third-order valence-corrected chi connectivity index (χ3v) is 4.45. The summed E-state index contributed by atoms with van der Waals surface area (Å²) in [4.78, 5) is 0. The summed E-state index contributed by atoms with van der Waals surface area (Å²) in [5, 5.41) is 13.0. The molecule has 0 saturated heterocycles. The summed E-state index contributed by atoms with van der Waals surface area (Å²) in [5.41, 5.74) is 2.96. The van der Waals surface area contributed by atoms with Gasteiger partial charge in [0.1, 0.15) is 0 Å². The molecule has 0 fully saturated rings. The van der Waals surface area contributed by atoms with Crippen LogP contribution in [-0.2, 0) is 0 Å². The molecule has 106 valence electrons. The Bertz CT molecular complexity index is 402. The maximum Gasteiger partial charge on any atom is 0.0445 e. The molecule has 0 spiro atoms. The number of nitrogens with one attached hydrogen (secondary N) is 1. The molecule has 3 atom stereocenters. The van der Waals surface area contributed by atoms with Crippen LogP contribution in [-0.4, -0.2) is 17.8 Å². The molecule has 19 heavy (non-hydrogen) atoms. The second-order valence-corrected chi connectivity index (χ2v) is 6.19. The normalized spacial score (nSPS) is 24.3. The Hall–Kier alpha value is -0.860. The van der Waals surface area contributed by atoms with Crippen molar-refractivity contribution in [3.63, 3.8) is 0 Å². The second-order valence-electron chi connectivity index (χ2n) is 6.19. The molecule has 1 aliphatic rings. The summed E-state index contributed by atoms with van der Waals surface area (Å²) in [5.74, 6) is 1.23. The van der Waals surface area contributed by atoms with Crippen molar-refractivity contribution in [1.29, 1.82) is 0 Å². The van der Waals surface area contributed by atoms with E-state index < -0.39 is 0 Å². The van der Waals surface area contributed by atoms with Crippen LogP contribution >= 0.6 is 0 Å². The number of rotatable bonds is 5.